The summed E-state index contributed by atoms with van der Waals surface area (Å²) in [5, 5.41) is 4.29. The molecule has 0 bridgehead atoms. The molecule has 0 aliphatic heterocycles. The zero-order valence-electron chi connectivity index (χ0n) is 16.3. The second-order valence-electron chi connectivity index (χ2n) is 6.19. The Kier molecular flexibility index (Phi) is 8.61. The van der Waals surface area contributed by atoms with Gasteiger partial charge in [-0.1, -0.05) is 43.6 Å². The molecule has 7 heteroatoms. The van der Waals surface area contributed by atoms with Crippen LogP contribution in [0.25, 0.3) is 16.8 Å². The SMILES string of the molecule is C=C(OCC)c1nc2cc(Cl)c(Cl)cc2nc1NCCCCN(CC)CC. The summed E-state index contributed by atoms with van der Waals surface area (Å²) in [6.45, 7) is 14.9. The van der Waals surface area contributed by atoms with Crippen LogP contribution in [0.5, 0.6) is 0 Å². The first kappa shape index (κ1) is 21.7. The molecule has 148 valence electrons. The molecule has 2 rings (SSSR count). The Morgan fingerprint density at radius 1 is 1.07 bits per heavy atom. The van der Waals surface area contributed by atoms with Gasteiger partial charge in [0.2, 0.25) is 0 Å². The number of nitrogens with one attached hydrogen (secondary N) is 1. The Labute approximate surface area is 171 Å². The fraction of sp³-hybridized carbons (Fsp3) is 0.500. The molecule has 0 atom stereocenters. The standard InChI is InChI=1S/C20H28Cl2N4O/c1-5-26(6-2)11-9-8-10-23-20-19(14(4)27-7-3)24-17-12-15(21)16(22)13-18(17)25-20/h12-13H,4-11H2,1-3H3,(H,23,25). The second kappa shape index (κ2) is 10.7. The minimum absolute atomic E-state index is 0.448. The molecule has 0 amide bonds. The van der Waals surface area contributed by atoms with Crippen molar-refractivity contribution in [3.8, 4) is 0 Å². The maximum atomic E-state index is 6.13. The number of hydrogen-bond acceptors (Lipinski definition) is 5. The summed E-state index contributed by atoms with van der Waals surface area (Å²) in [6.07, 6.45) is 2.16. The fourth-order valence-electron chi connectivity index (χ4n) is 2.82. The third kappa shape index (κ3) is 5.96. The number of benzene rings is 1. The lowest BCUT2D eigenvalue weighted by atomic mass is 10.2. The van der Waals surface area contributed by atoms with E-state index in [9.17, 15) is 0 Å². The van der Waals surface area contributed by atoms with Gasteiger partial charge in [-0.15, -0.1) is 0 Å². The van der Waals surface area contributed by atoms with Crippen LogP contribution in [0.4, 0.5) is 5.82 Å². The Morgan fingerprint density at radius 2 is 1.70 bits per heavy atom. The van der Waals surface area contributed by atoms with Crippen molar-refractivity contribution in [2.24, 2.45) is 0 Å². The van der Waals surface area contributed by atoms with E-state index in [4.69, 9.17) is 27.9 Å². The first-order chi connectivity index (χ1) is 13.0. The highest BCUT2D eigenvalue weighted by Crippen LogP contribution is 2.29. The van der Waals surface area contributed by atoms with E-state index in [0.717, 1.165) is 39.0 Å². The molecule has 1 heterocycles. The molecule has 27 heavy (non-hydrogen) atoms. The Bertz CT molecular complexity index is 778. The number of halogens is 2. The van der Waals surface area contributed by atoms with E-state index in [1.807, 2.05) is 6.92 Å². The van der Waals surface area contributed by atoms with Crippen LogP contribution < -0.4 is 5.32 Å². The number of unbranched alkanes of at least 4 members (excludes halogenated alkanes) is 1. The predicted molar refractivity (Wildman–Crippen MR) is 116 cm³/mol. The highest BCUT2D eigenvalue weighted by Gasteiger charge is 2.14. The van der Waals surface area contributed by atoms with E-state index in [1.54, 1.807) is 12.1 Å². The van der Waals surface area contributed by atoms with Crippen LogP contribution in [-0.4, -0.2) is 47.7 Å². The number of rotatable bonds is 11. The number of nitrogens with zero attached hydrogens (tertiary/aromatic N) is 3. The quantitative estimate of drug-likeness (QED) is 0.392. The summed E-state index contributed by atoms with van der Waals surface area (Å²) in [6, 6.07) is 3.44. The maximum absolute atomic E-state index is 6.13. The number of aromatic nitrogens is 2. The number of hydrogen-bond donors (Lipinski definition) is 1. The normalized spacial score (nSPS) is 11.2. The lowest BCUT2D eigenvalue weighted by molar-refractivity contribution is 0.297. The van der Waals surface area contributed by atoms with Crippen molar-refractivity contribution >= 4 is 45.8 Å². The van der Waals surface area contributed by atoms with Gasteiger partial charge in [-0.25, -0.2) is 9.97 Å². The summed E-state index contributed by atoms with van der Waals surface area (Å²) < 4.78 is 5.56. The van der Waals surface area contributed by atoms with Gasteiger partial charge in [0.15, 0.2) is 5.82 Å². The molecule has 5 nitrogen and oxygen atoms in total. The summed E-state index contributed by atoms with van der Waals surface area (Å²) in [5.41, 5.74) is 1.95. The molecule has 0 saturated heterocycles. The Morgan fingerprint density at radius 3 is 2.30 bits per heavy atom. The van der Waals surface area contributed by atoms with Gasteiger partial charge >= 0.3 is 0 Å². The van der Waals surface area contributed by atoms with Crippen LogP contribution in [0.1, 0.15) is 39.3 Å². The van der Waals surface area contributed by atoms with E-state index >= 15 is 0 Å². The van der Waals surface area contributed by atoms with Gasteiger partial charge in [0.05, 0.1) is 27.7 Å². The zero-order valence-corrected chi connectivity index (χ0v) is 17.8. The summed E-state index contributed by atoms with van der Waals surface area (Å²) in [4.78, 5) is 11.7. The minimum atomic E-state index is 0.448. The smallest absolute Gasteiger partial charge is 0.156 e. The van der Waals surface area contributed by atoms with E-state index in [0.29, 0.717) is 45.0 Å². The molecule has 1 N–H and O–H groups in total. The first-order valence-electron chi connectivity index (χ1n) is 9.45. The van der Waals surface area contributed by atoms with Crippen molar-refractivity contribution in [3.05, 3.63) is 34.5 Å². The van der Waals surface area contributed by atoms with Gasteiger partial charge in [0, 0.05) is 6.54 Å². The Hall–Kier alpha value is -1.56. The van der Waals surface area contributed by atoms with Gasteiger partial charge in [0.25, 0.3) is 0 Å². The molecule has 0 fully saturated rings. The maximum Gasteiger partial charge on any atom is 0.156 e. The number of ether oxygens (including phenoxy) is 1. The van der Waals surface area contributed by atoms with E-state index in [1.165, 1.54) is 0 Å². The summed E-state index contributed by atoms with van der Waals surface area (Å²) >= 11 is 12.2. The van der Waals surface area contributed by atoms with Crippen LogP contribution in [0.2, 0.25) is 10.0 Å². The molecule has 0 saturated carbocycles. The fourth-order valence-corrected chi connectivity index (χ4v) is 3.13. The monoisotopic (exact) mass is 410 g/mol. The molecular formula is C20H28Cl2N4O. The van der Waals surface area contributed by atoms with Crippen molar-refractivity contribution in [3.63, 3.8) is 0 Å². The Balaban J connectivity index is 2.15. The number of fused-ring (bicyclic) bond motifs is 1. The summed E-state index contributed by atoms with van der Waals surface area (Å²) in [5.74, 6) is 1.14. The molecule has 0 unspecified atom stereocenters. The van der Waals surface area contributed by atoms with Crippen LogP contribution in [0.15, 0.2) is 18.7 Å². The van der Waals surface area contributed by atoms with Gasteiger partial charge < -0.3 is 15.0 Å². The first-order valence-corrected chi connectivity index (χ1v) is 10.2. The van der Waals surface area contributed by atoms with Crippen LogP contribution in [0.3, 0.4) is 0 Å². The van der Waals surface area contributed by atoms with Crippen LogP contribution in [-0.2, 0) is 4.74 Å². The zero-order chi connectivity index (χ0) is 19.8. The van der Waals surface area contributed by atoms with Gasteiger partial charge in [-0.05, 0) is 51.5 Å². The van der Waals surface area contributed by atoms with Gasteiger partial charge in [0.1, 0.15) is 11.5 Å². The highest BCUT2D eigenvalue weighted by atomic mass is 35.5. The molecular weight excluding hydrogens is 383 g/mol. The van der Waals surface area contributed by atoms with E-state index in [-0.39, 0.29) is 0 Å². The van der Waals surface area contributed by atoms with Crippen molar-refractivity contribution < 1.29 is 4.74 Å². The average molecular weight is 411 g/mol. The molecule has 0 aliphatic rings. The second-order valence-corrected chi connectivity index (χ2v) is 7.01. The largest absolute Gasteiger partial charge is 0.492 e. The topological polar surface area (TPSA) is 50.3 Å². The lowest BCUT2D eigenvalue weighted by Gasteiger charge is -2.18. The molecule has 0 aliphatic carbocycles. The van der Waals surface area contributed by atoms with Gasteiger partial charge in [-0.2, -0.15) is 0 Å². The van der Waals surface area contributed by atoms with E-state index in [2.05, 4.69) is 40.6 Å². The number of anilines is 1. The van der Waals surface area contributed by atoms with Crippen LogP contribution in [0, 0.1) is 0 Å². The predicted octanol–water partition coefficient (Wildman–Crippen LogP) is 5.48. The third-order valence-corrected chi connectivity index (χ3v) is 5.10. The molecule has 2 aromatic rings. The van der Waals surface area contributed by atoms with Crippen molar-refractivity contribution in [2.75, 3.05) is 38.1 Å². The van der Waals surface area contributed by atoms with E-state index < -0.39 is 0 Å². The molecule has 1 aromatic carbocycles. The van der Waals surface area contributed by atoms with Gasteiger partial charge in [-0.3, -0.25) is 0 Å². The third-order valence-electron chi connectivity index (χ3n) is 4.38. The van der Waals surface area contributed by atoms with Crippen LogP contribution >= 0.6 is 23.2 Å². The summed E-state index contributed by atoms with van der Waals surface area (Å²) in [7, 11) is 0. The molecule has 0 radical (unpaired) electrons. The van der Waals surface area contributed by atoms with Crippen molar-refractivity contribution in [1.29, 1.82) is 0 Å². The molecule has 0 spiro atoms. The van der Waals surface area contributed by atoms with Crippen molar-refractivity contribution in [1.82, 2.24) is 14.9 Å². The van der Waals surface area contributed by atoms with Crippen molar-refractivity contribution in [2.45, 2.75) is 33.6 Å². The highest BCUT2D eigenvalue weighted by molar-refractivity contribution is 6.42. The average Bonchev–Trinajstić information content (AvgIpc) is 2.65. The molecule has 1 aromatic heterocycles. The minimum Gasteiger partial charge on any atom is -0.492 e. The lowest BCUT2D eigenvalue weighted by Crippen LogP contribution is -2.24.